The van der Waals surface area contributed by atoms with E-state index in [-0.39, 0.29) is 12.1 Å². The molecule has 2 aromatic heterocycles. The molecule has 3 rings (SSSR count). The van der Waals surface area contributed by atoms with Gasteiger partial charge in [0.25, 0.3) is 0 Å². The quantitative estimate of drug-likeness (QED) is 0.859. The summed E-state index contributed by atoms with van der Waals surface area (Å²) in [6.45, 7) is 2.63. The van der Waals surface area contributed by atoms with E-state index in [2.05, 4.69) is 27.4 Å². The molecule has 100 valence electrons. The minimum Gasteiger partial charge on any atom is -0.392 e. The summed E-state index contributed by atoms with van der Waals surface area (Å²) in [6.07, 6.45) is 2.85. The maximum Gasteiger partial charge on any atom is 0.244 e. The molecule has 6 nitrogen and oxygen atoms in total. The highest BCUT2D eigenvalue weighted by molar-refractivity contribution is 5.53. The van der Waals surface area contributed by atoms with Crippen LogP contribution in [0.2, 0.25) is 0 Å². The molecule has 1 saturated heterocycles. The van der Waals surface area contributed by atoms with Crippen LogP contribution in [0.5, 0.6) is 0 Å². The molecule has 19 heavy (non-hydrogen) atoms. The second-order valence-electron chi connectivity index (χ2n) is 4.67. The lowest BCUT2D eigenvalue weighted by Gasteiger charge is -2.02. The summed E-state index contributed by atoms with van der Waals surface area (Å²) in [5.74, 6) is 1.02. The monoisotopic (exact) mass is 260 g/mol. The van der Waals surface area contributed by atoms with Gasteiger partial charge in [-0.1, -0.05) is 18.1 Å². The summed E-state index contributed by atoms with van der Waals surface area (Å²) < 4.78 is 5.28. The highest BCUT2D eigenvalue weighted by atomic mass is 16.5. The van der Waals surface area contributed by atoms with E-state index in [1.807, 2.05) is 12.1 Å². The van der Waals surface area contributed by atoms with E-state index in [0.717, 1.165) is 17.7 Å². The molecule has 3 heterocycles. The SMILES string of the molecule is CCc1cccnc1-c1noc([C@@H]2C[C@@H](O)CN2)n1. The number of hydrogen-bond donors (Lipinski definition) is 2. The third-order valence-electron chi connectivity index (χ3n) is 3.33. The zero-order valence-electron chi connectivity index (χ0n) is 10.7. The zero-order chi connectivity index (χ0) is 13.2. The van der Waals surface area contributed by atoms with Gasteiger partial charge in [0.1, 0.15) is 5.69 Å². The number of nitrogens with zero attached hydrogens (tertiary/aromatic N) is 3. The first-order valence-corrected chi connectivity index (χ1v) is 6.47. The van der Waals surface area contributed by atoms with Gasteiger partial charge in [0, 0.05) is 12.7 Å². The second kappa shape index (κ2) is 5.07. The van der Waals surface area contributed by atoms with Crippen molar-refractivity contribution < 1.29 is 9.63 Å². The summed E-state index contributed by atoms with van der Waals surface area (Å²) in [7, 11) is 0. The number of aliphatic hydroxyl groups excluding tert-OH is 1. The number of hydrogen-bond acceptors (Lipinski definition) is 6. The molecule has 1 aliphatic rings. The molecule has 0 aromatic carbocycles. The highest BCUT2D eigenvalue weighted by Gasteiger charge is 2.28. The van der Waals surface area contributed by atoms with Crippen molar-refractivity contribution in [3.05, 3.63) is 29.8 Å². The van der Waals surface area contributed by atoms with Crippen LogP contribution >= 0.6 is 0 Å². The van der Waals surface area contributed by atoms with E-state index in [4.69, 9.17) is 4.52 Å². The van der Waals surface area contributed by atoms with Crippen LogP contribution in [0, 0.1) is 0 Å². The average Bonchev–Trinajstić information content (AvgIpc) is 3.07. The molecule has 0 radical (unpaired) electrons. The van der Waals surface area contributed by atoms with Crippen molar-refractivity contribution in [3.8, 4) is 11.5 Å². The normalized spacial score (nSPS) is 22.8. The van der Waals surface area contributed by atoms with Crippen LogP contribution in [0.25, 0.3) is 11.5 Å². The van der Waals surface area contributed by atoms with E-state index in [1.54, 1.807) is 6.20 Å². The maximum atomic E-state index is 9.50. The van der Waals surface area contributed by atoms with Gasteiger partial charge in [-0.15, -0.1) is 0 Å². The van der Waals surface area contributed by atoms with Gasteiger partial charge in [-0.2, -0.15) is 4.98 Å². The van der Waals surface area contributed by atoms with Crippen LogP contribution in [-0.2, 0) is 6.42 Å². The van der Waals surface area contributed by atoms with E-state index in [9.17, 15) is 5.11 Å². The molecule has 0 amide bonds. The molecular weight excluding hydrogens is 244 g/mol. The Labute approximate surface area is 110 Å². The molecule has 0 saturated carbocycles. The Balaban J connectivity index is 1.88. The Kier molecular flexibility index (Phi) is 3.27. The van der Waals surface area contributed by atoms with Gasteiger partial charge in [-0.25, -0.2) is 0 Å². The van der Waals surface area contributed by atoms with Gasteiger partial charge in [0.05, 0.1) is 12.1 Å². The predicted molar refractivity (Wildman–Crippen MR) is 68.3 cm³/mol. The van der Waals surface area contributed by atoms with Crippen LogP contribution in [0.3, 0.4) is 0 Å². The van der Waals surface area contributed by atoms with Gasteiger partial charge < -0.3 is 14.9 Å². The first-order valence-electron chi connectivity index (χ1n) is 6.47. The summed E-state index contributed by atoms with van der Waals surface area (Å²) in [5, 5.41) is 16.6. The Morgan fingerprint density at radius 1 is 1.53 bits per heavy atom. The van der Waals surface area contributed by atoms with Gasteiger partial charge >= 0.3 is 0 Å². The third-order valence-corrected chi connectivity index (χ3v) is 3.33. The molecule has 2 N–H and O–H groups in total. The second-order valence-corrected chi connectivity index (χ2v) is 4.67. The molecule has 1 fully saturated rings. The Morgan fingerprint density at radius 2 is 2.42 bits per heavy atom. The number of aliphatic hydroxyl groups is 1. The molecular formula is C13H16N4O2. The number of rotatable bonds is 3. The lowest BCUT2D eigenvalue weighted by Crippen LogP contribution is -2.15. The van der Waals surface area contributed by atoms with Gasteiger partial charge in [-0.05, 0) is 24.5 Å². The summed E-state index contributed by atoms with van der Waals surface area (Å²) in [6, 6.07) is 3.85. The van der Waals surface area contributed by atoms with E-state index < -0.39 is 0 Å². The van der Waals surface area contributed by atoms with Crippen molar-refractivity contribution in [3.63, 3.8) is 0 Å². The van der Waals surface area contributed by atoms with Gasteiger partial charge in [0.2, 0.25) is 11.7 Å². The zero-order valence-corrected chi connectivity index (χ0v) is 10.7. The summed E-state index contributed by atoms with van der Waals surface area (Å²) >= 11 is 0. The molecule has 6 heteroatoms. The number of aryl methyl sites for hydroxylation is 1. The largest absolute Gasteiger partial charge is 0.392 e. The van der Waals surface area contributed by atoms with Crippen molar-refractivity contribution in [2.24, 2.45) is 0 Å². The lowest BCUT2D eigenvalue weighted by molar-refractivity contribution is 0.191. The number of β-amino-alcohol motifs (C(OH)–C–C–N with tert-alkyl or cyclic N) is 1. The molecule has 2 aromatic rings. The van der Waals surface area contributed by atoms with Gasteiger partial charge in [-0.3, -0.25) is 4.98 Å². The van der Waals surface area contributed by atoms with E-state index in [1.165, 1.54) is 0 Å². The van der Waals surface area contributed by atoms with Gasteiger partial charge in [0.15, 0.2) is 0 Å². The summed E-state index contributed by atoms with van der Waals surface area (Å²) in [5.41, 5.74) is 1.85. The van der Waals surface area contributed by atoms with Crippen molar-refractivity contribution >= 4 is 0 Å². The predicted octanol–water partition coefficient (Wildman–Crippen LogP) is 1.09. The average molecular weight is 260 g/mol. The highest BCUT2D eigenvalue weighted by Crippen LogP contribution is 2.25. The topological polar surface area (TPSA) is 84.1 Å². The van der Waals surface area contributed by atoms with Crippen molar-refractivity contribution in [1.29, 1.82) is 0 Å². The fraction of sp³-hybridized carbons (Fsp3) is 0.462. The molecule has 0 bridgehead atoms. The molecule has 0 spiro atoms. The smallest absolute Gasteiger partial charge is 0.244 e. The Bertz CT molecular complexity index is 569. The fourth-order valence-corrected chi connectivity index (χ4v) is 2.30. The van der Waals surface area contributed by atoms with Crippen LogP contribution in [0.15, 0.2) is 22.9 Å². The Hall–Kier alpha value is -1.79. The van der Waals surface area contributed by atoms with E-state index in [0.29, 0.717) is 24.7 Å². The fourth-order valence-electron chi connectivity index (χ4n) is 2.30. The number of aromatic nitrogens is 3. The molecule has 1 aliphatic heterocycles. The molecule has 0 aliphatic carbocycles. The minimum atomic E-state index is -0.346. The Morgan fingerprint density at radius 3 is 3.16 bits per heavy atom. The maximum absolute atomic E-state index is 9.50. The first kappa shape index (κ1) is 12.3. The molecule has 2 atom stereocenters. The van der Waals surface area contributed by atoms with Crippen molar-refractivity contribution in [1.82, 2.24) is 20.4 Å². The van der Waals surface area contributed by atoms with Crippen molar-refractivity contribution in [2.45, 2.75) is 31.9 Å². The number of pyridine rings is 1. The summed E-state index contributed by atoms with van der Waals surface area (Å²) in [4.78, 5) is 8.71. The first-order chi connectivity index (χ1) is 9.28. The van der Waals surface area contributed by atoms with Crippen LogP contribution in [0.4, 0.5) is 0 Å². The number of nitrogens with one attached hydrogen (secondary N) is 1. The standard InChI is InChI=1S/C13H16N4O2/c1-2-8-4-3-5-14-11(8)12-16-13(19-17-12)10-6-9(18)7-15-10/h3-5,9-10,15,18H,2,6-7H2,1H3/t9-,10+/m1/s1. The lowest BCUT2D eigenvalue weighted by atomic mass is 10.1. The minimum absolute atomic E-state index is 0.0648. The van der Waals surface area contributed by atoms with Crippen molar-refractivity contribution in [2.75, 3.05) is 6.54 Å². The van der Waals surface area contributed by atoms with Crippen LogP contribution < -0.4 is 5.32 Å². The molecule has 0 unspecified atom stereocenters. The van der Waals surface area contributed by atoms with Crippen LogP contribution in [0.1, 0.15) is 30.8 Å². The van der Waals surface area contributed by atoms with Crippen LogP contribution in [-0.4, -0.2) is 32.9 Å². The van der Waals surface area contributed by atoms with E-state index >= 15 is 0 Å². The third kappa shape index (κ3) is 2.36.